The van der Waals surface area contributed by atoms with Gasteiger partial charge in [-0.25, -0.2) is 0 Å². The summed E-state index contributed by atoms with van der Waals surface area (Å²) in [5.41, 5.74) is 6.80. The maximum Gasteiger partial charge on any atom is 0.269 e. The van der Waals surface area contributed by atoms with Crippen LogP contribution in [0.4, 0.5) is 11.4 Å². The molecule has 114 valence electrons. The van der Waals surface area contributed by atoms with E-state index in [2.05, 4.69) is 48.7 Å². The van der Waals surface area contributed by atoms with Crippen molar-refractivity contribution in [3.8, 4) is 0 Å². The summed E-state index contributed by atoms with van der Waals surface area (Å²) in [6.45, 7) is 2.07. The molecule has 2 aromatic rings. The highest BCUT2D eigenvalue weighted by molar-refractivity contribution is 5.87. The number of benzene rings is 2. The molecule has 0 saturated carbocycles. The van der Waals surface area contributed by atoms with Gasteiger partial charge in [0.25, 0.3) is 5.69 Å². The molecule has 1 aliphatic carbocycles. The molecular formula is C19H16N2O2. The predicted molar refractivity (Wildman–Crippen MR) is 91.3 cm³/mol. The Balaban J connectivity index is 1.83. The summed E-state index contributed by atoms with van der Waals surface area (Å²) in [5.74, 6) is 0.197. The molecule has 1 heterocycles. The third-order valence-corrected chi connectivity index (χ3v) is 4.55. The van der Waals surface area contributed by atoms with Gasteiger partial charge in [0.1, 0.15) is 0 Å². The average Bonchev–Trinajstić information content (AvgIpc) is 3.04. The van der Waals surface area contributed by atoms with Gasteiger partial charge in [0.05, 0.1) is 4.92 Å². The first-order chi connectivity index (χ1) is 11.1. The van der Waals surface area contributed by atoms with Crippen molar-refractivity contribution in [1.29, 1.82) is 0 Å². The van der Waals surface area contributed by atoms with Gasteiger partial charge in [-0.15, -0.1) is 0 Å². The lowest BCUT2D eigenvalue weighted by Gasteiger charge is -2.28. The Morgan fingerprint density at radius 2 is 1.96 bits per heavy atom. The van der Waals surface area contributed by atoms with Crippen LogP contribution in [0.1, 0.15) is 29.0 Å². The fourth-order valence-electron chi connectivity index (χ4n) is 3.36. The molecule has 0 aromatic heterocycles. The van der Waals surface area contributed by atoms with Crippen molar-refractivity contribution in [2.45, 2.75) is 19.3 Å². The van der Waals surface area contributed by atoms with Crippen LogP contribution in [0, 0.1) is 17.0 Å². The summed E-state index contributed by atoms with van der Waals surface area (Å²) >= 11 is 0. The van der Waals surface area contributed by atoms with Crippen LogP contribution in [-0.4, -0.2) is 4.92 Å². The van der Waals surface area contributed by atoms with Gasteiger partial charge in [0.2, 0.25) is 0 Å². The van der Waals surface area contributed by atoms with E-state index in [-0.39, 0.29) is 16.5 Å². The number of aryl methyl sites for hydroxylation is 1. The summed E-state index contributed by atoms with van der Waals surface area (Å²) in [6, 6.07) is 13.5. The number of anilines is 1. The molecule has 2 aromatic carbocycles. The van der Waals surface area contributed by atoms with Crippen LogP contribution in [-0.2, 0) is 0 Å². The second-order valence-corrected chi connectivity index (χ2v) is 6.04. The van der Waals surface area contributed by atoms with Gasteiger partial charge in [-0.3, -0.25) is 10.1 Å². The SMILES string of the molecule is Cc1ccc(C2=C3C=CCC3c3cc([N+](=O)[O-])ccc3N2)cc1. The van der Waals surface area contributed by atoms with Crippen molar-refractivity contribution in [2.24, 2.45) is 0 Å². The molecule has 2 aliphatic rings. The van der Waals surface area contributed by atoms with Gasteiger partial charge in [0, 0.05) is 29.4 Å². The lowest BCUT2D eigenvalue weighted by molar-refractivity contribution is -0.384. The zero-order chi connectivity index (χ0) is 16.0. The maximum atomic E-state index is 11.1. The van der Waals surface area contributed by atoms with Gasteiger partial charge in [-0.05, 0) is 36.1 Å². The summed E-state index contributed by atoms with van der Waals surface area (Å²) in [7, 11) is 0. The fraction of sp³-hybridized carbons (Fsp3) is 0.158. The molecule has 4 rings (SSSR count). The molecule has 0 radical (unpaired) electrons. The van der Waals surface area contributed by atoms with Gasteiger partial charge in [0.15, 0.2) is 0 Å². The molecule has 0 spiro atoms. The molecule has 1 atom stereocenters. The molecule has 1 unspecified atom stereocenters. The Kier molecular flexibility index (Phi) is 3.05. The zero-order valence-electron chi connectivity index (χ0n) is 12.7. The van der Waals surface area contributed by atoms with Gasteiger partial charge >= 0.3 is 0 Å². The van der Waals surface area contributed by atoms with Crippen LogP contribution >= 0.6 is 0 Å². The van der Waals surface area contributed by atoms with Crippen LogP contribution < -0.4 is 5.32 Å². The van der Waals surface area contributed by atoms with Crippen molar-refractivity contribution >= 4 is 17.1 Å². The number of nitrogens with one attached hydrogen (secondary N) is 1. The van der Waals surface area contributed by atoms with Crippen molar-refractivity contribution in [3.63, 3.8) is 0 Å². The van der Waals surface area contributed by atoms with E-state index in [4.69, 9.17) is 0 Å². The minimum absolute atomic E-state index is 0.149. The third kappa shape index (κ3) is 2.23. The molecule has 1 N–H and O–H groups in total. The number of allylic oxidation sites excluding steroid dienone is 3. The molecule has 0 amide bonds. The van der Waals surface area contributed by atoms with Crippen molar-refractivity contribution in [1.82, 2.24) is 0 Å². The number of nitro benzene ring substituents is 1. The Bertz CT molecular complexity index is 863. The monoisotopic (exact) mass is 304 g/mol. The highest BCUT2D eigenvalue weighted by Gasteiger charge is 2.30. The molecule has 23 heavy (non-hydrogen) atoms. The molecule has 0 bridgehead atoms. The number of fused-ring (bicyclic) bond motifs is 3. The van der Waals surface area contributed by atoms with E-state index in [1.165, 1.54) is 11.1 Å². The van der Waals surface area contributed by atoms with Crippen molar-refractivity contribution in [2.75, 3.05) is 5.32 Å². The quantitative estimate of drug-likeness (QED) is 0.641. The topological polar surface area (TPSA) is 55.2 Å². The second-order valence-electron chi connectivity index (χ2n) is 6.04. The smallest absolute Gasteiger partial charge is 0.269 e. The number of rotatable bonds is 2. The Hall–Kier alpha value is -2.88. The molecule has 0 fully saturated rings. The van der Waals surface area contributed by atoms with Gasteiger partial charge < -0.3 is 5.32 Å². The second kappa shape index (κ2) is 5.09. The summed E-state index contributed by atoms with van der Waals surface area (Å²) in [6.07, 6.45) is 5.17. The highest BCUT2D eigenvalue weighted by Crippen LogP contribution is 2.46. The zero-order valence-corrected chi connectivity index (χ0v) is 12.7. The highest BCUT2D eigenvalue weighted by atomic mass is 16.6. The van der Waals surface area contributed by atoms with Crippen LogP contribution in [0.15, 0.2) is 60.2 Å². The van der Waals surface area contributed by atoms with E-state index in [1.54, 1.807) is 12.1 Å². The maximum absolute atomic E-state index is 11.1. The lowest BCUT2D eigenvalue weighted by Crippen LogP contribution is -2.14. The normalized spacial score (nSPS) is 18.4. The van der Waals surface area contributed by atoms with E-state index in [0.717, 1.165) is 28.9 Å². The van der Waals surface area contributed by atoms with Gasteiger partial charge in [-0.2, -0.15) is 0 Å². The van der Waals surface area contributed by atoms with E-state index >= 15 is 0 Å². The number of nitro groups is 1. The number of hydrogen-bond acceptors (Lipinski definition) is 3. The lowest BCUT2D eigenvalue weighted by atomic mass is 9.85. The Labute approximate surface area is 134 Å². The van der Waals surface area contributed by atoms with E-state index in [0.29, 0.717) is 0 Å². The Morgan fingerprint density at radius 1 is 1.17 bits per heavy atom. The molecule has 0 saturated heterocycles. The minimum atomic E-state index is -0.332. The Morgan fingerprint density at radius 3 is 2.70 bits per heavy atom. The number of hydrogen-bond donors (Lipinski definition) is 1. The molecule has 1 aliphatic heterocycles. The first-order valence-corrected chi connectivity index (χ1v) is 7.66. The van der Waals surface area contributed by atoms with Crippen LogP contribution in [0.3, 0.4) is 0 Å². The van der Waals surface area contributed by atoms with Crippen LogP contribution in [0.25, 0.3) is 5.70 Å². The van der Waals surface area contributed by atoms with Crippen LogP contribution in [0.5, 0.6) is 0 Å². The first-order valence-electron chi connectivity index (χ1n) is 7.66. The first kappa shape index (κ1) is 13.8. The molecule has 4 nitrogen and oxygen atoms in total. The van der Waals surface area contributed by atoms with E-state index < -0.39 is 0 Å². The summed E-state index contributed by atoms with van der Waals surface area (Å²) in [4.78, 5) is 10.7. The standard InChI is InChI=1S/C19H16N2O2/c1-12-5-7-13(8-6-12)19-16-4-2-3-15(16)17-11-14(21(22)23)9-10-18(17)20-19/h2,4-11,15,20H,3H2,1H3. The number of non-ortho nitro benzene ring substituents is 1. The molecular weight excluding hydrogens is 288 g/mol. The van der Waals surface area contributed by atoms with E-state index in [9.17, 15) is 10.1 Å². The predicted octanol–water partition coefficient (Wildman–Crippen LogP) is 4.78. The van der Waals surface area contributed by atoms with Crippen molar-refractivity contribution < 1.29 is 4.92 Å². The third-order valence-electron chi connectivity index (χ3n) is 4.55. The number of nitrogens with zero attached hydrogens (tertiary/aromatic N) is 1. The van der Waals surface area contributed by atoms with Crippen LogP contribution in [0.2, 0.25) is 0 Å². The van der Waals surface area contributed by atoms with E-state index in [1.807, 2.05) is 6.07 Å². The minimum Gasteiger partial charge on any atom is -0.355 e. The van der Waals surface area contributed by atoms with Gasteiger partial charge in [-0.1, -0.05) is 42.0 Å². The summed E-state index contributed by atoms with van der Waals surface area (Å²) < 4.78 is 0. The average molecular weight is 304 g/mol. The molecule has 4 heteroatoms. The summed E-state index contributed by atoms with van der Waals surface area (Å²) in [5, 5.41) is 14.5. The van der Waals surface area contributed by atoms with Crippen molar-refractivity contribution in [3.05, 3.63) is 87.0 Å². The largest absolute Gasteiger partial charge is 0.355 e. The fourth-order valence-corrected chi connectivity index (χ4v) is 3.36.